The van der Waals surface area contributed by atoms with Crippen molar-refractivity contribution in [2.45, 2.75) is 16.8 Å². The number of hydrogen-bond donors (Lipinski definition) is 2. The van der Waals surface area contributed by atoms with E-state index in [9.17, 15) is 9.90 Å². The molecule has 4 nitrogen and oxygen atoms in total. The molecule has 2 N–H and O–H groups in total. The Morgan fingerprint density at radius 2 is 1.47 bits per heavy atom. The number of halogens is 1. The zero-order valence-electron chi connectivity index (χ0n) is 16.0. The average Bonchev–Trinajstić information content (AvgIpc) is 2.77. The molecule has 0 radical (unpaired) electrons. The van der Waals surface area contributed by atoms with Gasteiger partial charge in [0.1, 0.15) is 0 Å². The second-order valence-corrected chi connectivity index (χ2v) is 8.18. The lowest BCUT2D eigenvalue weighted by Gasteiger charge is -2.18. The van der Waals surface area contributed by atoms with E-state index < -0.39 is 5.92 Å². The predicted octanol–water partition coefficient (Wildman–Crippen LogP) is 5.60. The Labute approximate surface area is 183 Å². The molecule has 4 rings (SSSR count). The maximum atomic E-state index is 13.0. The summed E-state index contributed by atoms with van der Waals surface area (Å²) < 4.78 is 0. The number of aromatic hydroxyl groups is 1. The van der Waals surface area contributed by atoms with Crippen molar-refractivity contribution in [2.24, 2.45) is 0 Å². The molecule has 0 aliphatic heterocycles. The van der Waals surface area contributed by atoms with Crippen LogP contribution in [0.3, 0.4) is 0 Å². The van der Waals surface area contributed by atoms with Crippen molar-refractivity contribution < 1.29 is 5.11 Å². The van der Waals surface area contributed by atoms with Gasteiger partial charge in [-0.05, 0) is 28.8 Å². The van der Waals surface area contributed by atoms with Crippen LogP contribution in [0.2, 0.25) is 5.02 Å². The van der Waals surface area contributed by atoms with Gasteiger partial charge in [-0.3, -0.25) is 4.79 Å². The van der Waals surface area contributed by atoms with Crippen molar-refractivity contribution >= 4 is 23.4 Å². The van der Waals surface area contributed by atoms with E-state index in [2.05, 4.69) is 9.97 Å². The van der Waals surface area contributed by atoms with Gasteiger partial charge >= 0.3 is 0 Å². The van der Waals surface area contributed by atoms with Gasteiger partial charge in [-0.2, -0.15) is 4.98 Å². The Kier molecular flexibility index (Phi) is 6.21. The maximum Gasteiger partial charge on any atom is 0.259 e. The minimum atomic E-state index is -0.418. The van der Waals surface area contributed by atoms with Crippen molar-refractivity contribution in [3.63, 3.8) is 0 Å². The first-order valence-electron chi connectivity index (χ1n) is 9.42. The molecule has 0 saturated heterocycles. The summed E-state index contributed by atoms with van der Waals surface area (Å²) in [6.07, 6.45) is 0. The molecule has 1 aromatic heterocycles. The number of H-pyrrole nitrogens is 1. The van der Waals surface area contributed by atoms with Gasteiger partial charge in [0.2, 0.25) is 5.88 Å². The summed E-state index contributed by atoms with van der Waals surface area (Å²) in [6, 6.07) is 26.8. The summed E-state index contributed by atoms with van der Waals surface area (Å²) in [5, 5.41) is 11.8. The molecule has 3 aromatic carbocycles. The first-order chi connectivity index (χ1) is 14.6. The Morgan fingerprint density at radius 1 is 0.900 bits per heavy atom. The summed E-state index contributed by atoms with van der Waals surface area (Å²) in [5.74, 6) is -0.0753. The highest BCUT2D eigenvalue weighted by atomic mass is 35.5. The average molecular weight is 435 g/mol. The molecule has 30 heavy (non-hydrogen) atoms. The molecule has 0 amide bonds. The highest BCUT2D eigenvalue weighted by Crippen LogP contribution is 2.34. The normalized spacial score (nSPS) is 11.0. The van der Waals surface area contributed by atoms with Crippen LogP contribution in [0.1, 0.15) is 28.2 Å². The zero-order chi connectivity index (χ0) is 20.9. The molecule has 0 fully saturated rings. The molecule has 6 heteroatoms. The van der Waals surface area contributed by atoms with Crippen LogP contribution in [-0.2, 0) is 5.75 Å². The van der Waals surface area contributed by atoms with Crippen molar-refractivity contribution in [1.29, 1.82) is 0 Å². The molecule has 150 valence electrons. The van der Waals surface area contributed by atoms with Gasteiger partial charge in [0.25, 0.3) is 5.56 Å². The maximum absolute atomic E-state index is 13.0. The van der Waals surface area contributed by atoms with Crippen LogP contribution in [0.15, 0.2) is 94.9 Å². The predicted molar refractivity (Wildman–Crippen MR) is 121 cm³/mol. The molecular formula is C24H19ClN2O2S. The summed E-state index contributed by atoms with van der Waals surface area (Å²) in [7, 11) is 0. The van der Waals surface area contributed by atoms with E-state index in [4.69, 9.17) is 11.6 Å². The van der Waals surface area contributed by atoms with E-state index >= 15 is 0 Å². The number of benzene rings is 3. The fourth-order valence-corrected chi connectivity index (χ4v) is 4.27. The Hall–Kier alpha value is -3.02. The van der Waals surface area contributed by atoms with E-state index in [0.717, 1.165) is 16.7 Å². The molecule has 0 spiro atoms. The van der Waals surface area contributed by atoms with Crippen LogP contribution in [-0.4, -0.2) is 15.1 Å². The number of aromatic amines is 1. The zero-order valence-corrected chi connectivity index (χ0v) is 17.5. The van der Waals surface area contributed by atoms with Crippen LogP contribution in [0, 0.1) is 0 Å². The number of nitrogens with zero attached hydrogens (tertiary/aromatic N) is 1. The summed E-state index contributed by atoms with van der Waals surface area (Å²) >= 11 is 7.27. The molecular weight excluding hydrogens is 416 g/mol. The highest BCUT2D eigenvalue weighted by molar-refractivity contribution is 7.98. The van der Waals surface area contributed by atoms with Crippen LogP contribution < -0.4 is 5.56 Å². The fourth-order valence-electron chi connectivity index (χ4n) is 3.33. The van der Waals surface area contributed by atoms with Gasteiger partial charge in [0.15, 0.2) is 5.16 Å². The lowest BCUT2D eigenvalue weighted by molar-refractivity contribution is 0.434. The van der Waals surface area contributed by atoms with E-state index in [-0.39, 0.29) is 17.0 Å². The van der Waals surface area contributed by atoms with Crippen LogP contribution in [0.25, 0.3) is 0 Å². The van der Waals surface area contributed by atoms with Crippen LogP contribution in [0.4, 0.5) is 0 Å². The third-order valence-corrected chi connectivity index (χ3v) is 5.95. The van der Waals surface area contributed by atoms with Crippen LogP contribution in [0.5, 0.6) is 5.88 Å². The Bertz CT molecular complexity index is 1140. The summed E-state index contributed by atoms with van der Waals surface area (Å²) in [5.41, 5.74) is 2.75. The number of nitrogens with one attached hydrogen (secondary N) is 1. The van der Waals surface area contributed by atoms with Gasteiger partial charge in [0, 0.05) is 16.7 Å². The topological polar surface area (TPSA) is 66.0 Å². The molecule has 0 atom stereocenters. The molecule has 0 unspecified atom stereocenters. The third kappa shape index (κ3) is 4.58. The van der Waals surface area contributed by atoms with Crippen molar-refractivity contribution in [3.05, 3.63) is 123 Å². The monoisotopic (exact) mass is 434 g/mol. The molecule has 1 heterocycles. The largest absolute Gasteiger partial charge is 0.493 e. The van der Waals surface area contributed by atoms with Crippen LogP contribution >= 0.6 is 23.4 Å². The first kappa shape index (κ1) is 20.3. The molecule has 4 aromatic rings. The number of thioether (sulfide) groups is 1. The first-order valence-corrected chi connectivity index (χ1v) is 10.8. The number of hydrogen-bond acceptors (Lipinski definition) is 4. The van der Waals surface area contributed by atoms with Gasteiger partial charge < -0.3 is 10.1 Å². The summed E-state index contributed by atoms with van der Waals surface area (Å²) in [4.78, 5) is 20.1. The number of aromatic nitrogens is 2. The van der Waals surface area contributed by atoms with E-state index in [1.165, 1.54) is 11.8 Å². The summed E-state index contributed by atoms with van der Waals surface area (Å²) in [6.45, 7) is 0. The molecule has 0 bridgehead atoms. The quantitative estimate of drug-likeness (QED) is 0.306. The van der Waals surface area contributed by atoms with Gasteiger partial charge in [-0.1, -0.05) is 96.2 Å². The smallest absolute Gasteiger partial charge is 0.259 e. The van der Waals surface area contributed by atoms with Gasteiger partial charge in [-0.25, -0.2) is 0 Å². The minimum Gasteiger partial charge on any atom is -0.493 e. The Morgan fingerprint density at radius 3 is 2.00 bits per heavy atom. The standard InChI is InChI=1S/C24H19ClN2O2S/c25-19-13-11-16(12-14-19)15-30-24-26-22(28)21(23(29)27-24)20(17-7-3-1-4-8-17)18-9-5-2-6-10-18/h1-14,20H,15H2,(H2,26,27,28,29). The molecule has 0 aliphatic carbocycles. The van der Waals surface area contributed by atoms with E-state index in [1.807, 2.05) is 84.9 Å². The van der Waals surface area contributed by atoms with Crippen molar-refractivity contribution in [2.75, 3.05) is 0 Å². The van der Waals surface area contributed by atoms with E-state index in [0.29, 0.717) is 15.9 Å². The highest BCUT2D eigenvalue weighted by Gasteiger charge is 2.24. The lowest BCUT2D eigenvalue weighted by Crippen LogP contribution is -2.20. The molecule has 0 aliphatic rings. The third-order valence-electron chi connectivity index (χ3n) is 4.76. The van der Waals surface area contributed by atoms with Gasteiger partial charge in [0.05, 0.1) is 5.56 Å². The van der Waals surface area contributed by atoms with Crippen molar-refractivity contribution in [3.8, 4) is 5.88 Å². The SMILES string of the molecule is O=c1[nH]c(SCc2ccc(Cl)cc2)nc(O)c1C(c1ccccc1)c1ccccc1. The van der Waals surface area contributed by atoms with E-state index in [1.54, 1.807) is 0 Å². The minimum absolute atomic E-state index is 0.239. The Balaban J connectivity index is 1.68. The lowest BCUT2D eigenvalue weighted by atomic mass is 9.86. The van der Waals surface area contributed by atoms with Crippen molar-refractivity contribution in [1.82, 2.24) is 9.97 Å². The molecule has 0 saturated carbocycles. The number of rotatable bonds is 6. The second kappa shape index (κ2) is 9.20. The van der Waals surface area contributed by atoms with Gasteiger partial charge in [-0.15, -0.1) is 0 Å². The fraction of sp³-hybridized carbons (Fsp3) is 0.0833. The second-order valence-electron chi connectivity index (χ2n) is 6.78.